The second kappa shape index (κ2) is 7.96. The SMILES string of the molecule is COc1ccc(C2=NC(=Cc3ccc(-c4cc(C(F)(F)F)ccc4Cl)o3)C(=O)O2)cc1. The summed E-state index contributed by atoms with van der Waals surface area (Å²) in [6, 6.07) is 12.7. The summed E-state index contributed by atoms with van der Waals surface area (Å²) in [6.07, 6.45) is -3.18. The molecule has 4 rings (SSSR count). The molecule has 158 valence electrons. The van der Waals surface area contributed by atoms with Gasteiger partial charge in [-0.15, -0.1) is 0 Å². The Labute approximate surface area is 179 Å². The van der Waals surface area contributed by atoms with Crippen LogP contribution in [0.3, 0.4) is 0 Å². The molecule has 9 heteroatoms. The number of hydrogen-bond acceptors (Lipinski definition) is 5. The van der Waals surface area contributed by atoms with E-state index in [1.54, 1.807) is 24.3 Å². The zero-order chi connectivity index (χ0) is 22.2. The van der Waals surface area contributed by atoms with E-state index in [0.717, 1.165) is 18.2 Å². The molecule has 2 heterocycles. The number of alkyl halides is 3. The van der Waals surface area contributed by atoms with E-state index in [1.807, 2.05) is 0 Å². The van der Waals surface area contributed by atoms with E-state index >= 15 is 0 Å². The molecular weight excluding hydrogens is 435 g/mol. The molecule has 31 heavy (non-hydrogen) atoms. The van der Waals surface area contributed by atoms with Crippen LogP contribution in [0.15, 0.2) is 69.7 Å². The minimum absolute atomic E-state index is 0.0122. The summed E-state index contributed by atoms with van der Waals surface area (Å²) in [5.41, 5.74) is -0.204. The van der Waals surface area contributed by atoms with Crippen LogP contribution in [0.25, 0.3) is 17.4 Å². The highest BCUT2D eigenvalue weighted by atomic mass is 35.5. The predicted octanol–water partition coefficient (Wildman–Crippen LogP) is 5.97. The average molecular weight is 448 g/mol. The van der Waals surface area contributed by atoms with Gasteiger partial charge in [0, 0.05) is 17.2 Å². The number of esters is 1. The fourth-order valence-corrected chi connectivity index (χ4v) is 3.08. The summed E-state index contributed by atoms with van der Waals surface area (Å²) < 4.78 is 54.8. The quantitative estimate of drug-likeness (QED) is 0.365. The number of methoxy groups -OCH3 is 1. The second-order valence-electron chi connectivity index (χ2n) is 6.46. The summed E-state index contributed by atoms with van der Waals surface area (Å²) in [7, 11) is 1.53. The number of carbonyl (C=O) groups is 1. The lowest BCUT2D eigenvalue weighted by molar-refractivity contribution is -0.137. The third kappa shape index (κ3) is 4.34. The Morgan fingerprint density at radius 1 is 1.06 bits per heavy atom. The standard InChI is InChI=1S/C22H13ClF3NO4/c1-29-14-5-2-12(3-6-14)20-27-18(21(28)31-20)11-15-7-9-19(30-15)16-10-13(22(24,25)26)4-8-17(16)23/h2-11H,1H3. The Bertz CT molecular complexity index is 1210. The van der Waals surface area contributed by atoms with Crippen molar-refractivity contribution in [3.05, 3.63) is 82.2 Å². The molecule has 0 saturated carbocycles. The molecule has 0 unspecified atom stereocenters. The molecule has 0 bridgehead atoms. The van der Waals surface area contributed by atoms with E-state index < -0.39 is 17.7 Å². The fraction of sp³-hybridized carbons (Fsp3) is 0.0909. The van der Waals surface area contributed by atoms with Gasteiger partial charge in [-0.3, -0.25) is 0 Å². The monoisotopic (exact) mass is 447 g/mol. The van der Waals surface area contributed by atoms with Crippen molar-refractivity contribution in [2.24, 2.45) is 4.99 Å². The maximum absolute atomic E-state index is 13.0. The molecule has 0 spiro atoms. The van der Waals surface area contributed by atoms with Gasteiger partial charge in [0.25, 0.3) is 0 Å². The van der Waals surface area contributed by atoms with E-state index in [9.17, 15) is 18.0 Å². The minimum atomic E-state index is -4.52. The van der Waals surface area contributed by atoms with Crippen molar-refractivity contribution in [1.29, 1.82) is 0 Å². The van der Waals surface area contributed by atoms with E-state index in [-0.39, 0.29) is 33.7 Å². The Hall–Kier alpha value is -3.52. The van der Waals surface area contributed by atoms with Gasteiger partial charge in [0.15, 0.2) is 5.70 Å². The molecule has 5 nitrogen and oxygen atoms in total. The zero-order valence-corrected chi connectivity index (χ0v) is 16.6. The number of benzene rings is 2. The number of cyclic esters (lactones) is 1. The summed E-state index contributed by atoms with van der Waals surface area (Å²) in [6.45, 7) is 0. The number of hydrogen-bond donors (Lipinski definition) is 0. The van der Waals surface area contributed by atoms with Crippen LogP contribution in [0.5, 0.6) is 5.75 Å². The average Bonchev–Trinajstić information content (AvgIpc) is 3.35. The van der Waals surface area contributed by atoms with Crippen molar-refractivity contribution in [1.82, 2.24) is 0 Å². The molecular formula is C22H13ClF3NO4. The van der Waals surface area contributed by atoms with Crippen molar-refractivity contribution in [2.75, 3.05) is 7.11 Å². The fourth-order valence-electron chi connectivity index (χ4n) is 2.87. The normalized spacial score (nSPS) is 15.2. The van der Waals surface area contributed by atoms with Crippen LogP contribution in [-0.4, -0.2) is 19.0 Å². The van der Waals surface area contributed by atoms with Gasteiger partial charge < -0.3 is 13.9 Å². The van der Waals surface area contributed by atoms with E-state index in [1.165, 1.54) is 25.3 Å². The summed E-state index contributed by atoms with van der Waals surface area (Å²) in [4.78, 5) is 16.3. The van der Waals surface area contributed by atoms with E-state index in [4.69, 9.17) is 25.5 Å². The lowest BCUT2D eigenvalue weighted by Gasteiger charge is -2.09. The van der Waals surface area contributed by atoms with Gasteiger partial charge in [-0.1, -0.05) is 11.6 Å². The topological polar surface area (TPSA) is 61.0 Å². The third-order valence-corrected chi connectivity index (χ3v) is 4.75. The molecule has 1 aromatic heterocycles. The van der Waals surface area contributed by atoms with Gasteiger partial charge in [-0.2, -0.15) is 13.2 Å². The van der Waals surface area contributed by atoms with Gasteiger partial charge in [-0.25, -0.2) is 9.79 Å². The Morgan fingerprint density at radius 3 is 2.48 bits per heavy atom. The number of halogens is 4. The number of ether oxygens (including phenoxy) is 2. The van der Waals surface area contributed by atoms with Crippen molar-refractivity contribution < 1.29 is 31.9 Å². The van der Waals surface area contributed by atoms with Crippen LogP contribution in [0, 0.1) is 0 Å². The van der Waals surface area contributed by atoms with Crippen LogP contribution < -0.4 is 4.74 Å². The number of nitrogens with zero attached hydrogens (tertiary/aromatic N) is 1. The number of rotatable bonds is 4. The van der Waals surface area contributed by atoms with Crippen LogP contribution in [0.2, 0.25) is 5.02 Å². The first-order chi connectivity index (χ1) is 14.7. The molecule has 0 amide bonds. The zero-order valence-electron chi connectivity index (χ0n) is 15.9. The largest absolute Gasteiger partial charge is 0.497 e. The first kappa shape index (κ1) is 20.7. The molecule has 0 N–H and O–H groups in total. The molecule has 0 saturated heterocycles. The number of aliphatic imine (C=N–C) groups is 1. The highest BCUT2D eigenvalue weighted by Crippen LogP contribution is 2.36. The van der Waals surface area contributed by atoms with Gasteiger partial charge in [0.1, 0.15) is 17.3 Å². The summed E-state index contributed by atoms with van der Waals surface area (Å²) in [5.74, 6) is 0.400. The maximum Gasteiger partial charge on any atom is 0.416 e. The lowest BCUT2D eigenvalue weighted by atomic mass is 10.1. The molecule has 1 aliphatic heterocycles. The molecule has 0 atom stereocenters. The third-order valence-electron chi connectivity index (χ3n) is 4.42. The van der Waals surface area contributed by atoms with Crippen molar-refractivity contribution in [3.63, 3.8) is 0 Å². The molecule has 2 aromatic carbocycles. The van der Waals surface area contributed by atoms with Crippen molar-refractivity contribution in [3.8, 4) is 17.1 Å². The van der Waals surface area contributed by atoms with Crippen LogP contribution >= 0.6 is 11.6 Å². The number of carbonyl (C=O) groups excluding carboxylic acids is 1. The first-order valence-corrected chi connectivity index (χ1v) is 9.26. The van der Waals surface area contributed by atoms with Gasteiger partial charge in [0.2, 0.25) is 5.90 Å². The second-order valence-corrected chi connectivity index (χ2v) is 6.87. The van der Waals surface area contributed by atoms with Crippen LogP contribution in [-0.2, 0) is 15.7 Å². The molecule has 0 fully saturated rings. The van der Waals surface area contributed by atoms with Gasteiger partial charge >= 0.3 is 12.1 Å². The highest BCUT2D eigenvalue weighted by Gasteiger charge is 2.31. The summed E-state index contributed by atoms with van der Waals surface area (Å²) >= 11 is 6.04. The molecule has 1 aliphatic rings. The van der Waals surface area contributed by atoms with Gasteiger partial charge in [0.05, 0.1) is 17.7 Å². The molecule has 0 aliphatic carbocycles. The van der Waals surface area contributed by atoms with Crippen molar-refractivity contribution in [2.45, 2.75) is 6.18 Å². The smallest absolute Gasteiger partial charge is 0.416 e. The van der Waals surface area contributed by atoms with Crippen molar-refractivity contribution >= 4 is 29.5 Å². The molecule has 0 radical (unpaired) electrons. The Balaban J connectivity index is 1.62. The minimum Gasteiger partial charge on any atom is -0.497 e. The lowest BCUT2D eigenvalue weighted by Crippen LogP contribution is -2.05. The van der Waals surface area contributed by atoms with Gasteiger partial charge in [-0.05, 0) is 54.6 Å². The summed E-state index contributed by atoms with van der Waals surface area (Å²) in [5, 5.41) is 0.0987. The van der Waals surface area contributed by atoms with Crippen LogP contribution in [0.1, 0.15) is 16.9 Å². The van der Waals surface area contributed by atoms with E-state index in [0.29, 0.717) is 11.3 Å². The Kier molecular flexibility index (Phi) is 5.32. The first-order valence-electron chi connectivity index (χ1n) is 8.88. The molecule has 3 aromatic rings. The Morgan fingerprint density at radius 2 is 1.81 bits per heavy atom. The number of furan rings is 1. The highest BCUT2D eigenvalue weighted by molar-refractivity contribution is 6.33. The predicted molar refractivity (Wildman–Crippen MR) is 108 cm³/mol. The maximum atomic E-state index is 13.0. The van der Waals surface area contributed by atoms with E-state index in [2.05, 4.69) is 4.99 Å². The van der Waals surface area contributed by atoms with Crippen LogP contribution in [0.4, 0.5) is 13.2 Å².